The van der Waals surface area contributed by atoms with Crippen molar-refractivity contribution < 1.29 is 13.2 Å². The van der Waals surface area contributed by atoms with E-state index in [0.29, 0.717) is 5.75 Å². The molecule has 0 spiro atoms. The van der Waals surface area contributed by atoms with Gasteiger partial charge in [-0.25, -0.2) is 8.42 Å². The second kappa shape index (κ2) is 6.73. The quantitative estimate of drug-likeness (QED) is 0.796. The van der Waals surface area contributed by atoms with Crippen LogP contribution in [0.25, 0.3) is 6.08 Å². The predicted molar refractivity (Wildman–Crippen MR) is 80.2 cm³/mol. The minimum absolute atomic E-state index is 0.235. The third-order valence-electron chi connectivity index (χ3n) is 2.71. The highest BCUT2D eigenvalue weighted by Crippen LogP contribution is 2.16. The zero-order chi connectivity index (χ0) is 15.1. The Morgan fingerprint density at radius 1 is 1.05 bits per heavy atom. The van der Waals surface area contributed by atoms with E-state index in [1.54, 1.807) is 48.5 Å². The molecule has 2 aromatic rings. The van der Waals surface area contributed by atoms with Crippen molar-refractivity contribution in [1.82, 2.24) is 0 Å². The summed E-state index contributed by atoms with van der Waals surface area (Å²) in [6.07, 6.45) is 3.03. The SMILES string of the molecule is N#C/C=C/c1ccc(OCS(=O)(=O)c2ccccc2)cc1. The fourth-order valence-corrected chi connectivity index (χ4v) is 2.65. The molecule has 0 bridgehead atoms. The molecule has 0 N–H and O–H groups in total. The molecule has 2 aromatic carbocycles. The van der Waals surface area contributed by atoms with Crippen LogP contribution in [0.4, 0.5) is 0 Å². The van der Waals surface area contributed by atoms with E-state index in [1.807, 2.05) is 6.07 Å². The van der Waals surface area contributed by atoms with Gasteiger partial charge in [0, 0.05) is 6.08 Å². The maximum absolute atomic E-state index is 12.0. The van der Waals surface area contributed by atoms with E-state index < -0.39 is 15.8 Å². The van der Waals surface area contributed by atoms with Crippen molar-refractivity contribution >= 4 is 15.9 Å². The molecule has 0 saturated carbocycles. The van der Waals surface area contributed by atoms with Gasteiger partial charge in [0.05, 0.1) is 11.0 Å². The first-order valence-electron chi connectivity index (χ1n) is 6.19. The molecule has 0 amide bonds. The highest BCUT2D eigenvalue weighted by Gasteiger charge is 2.14. The van der Waals surface area contributed by atoms with Crippen molar-refractivity contribution in [2.24, 2.45) is 0 Å². The molecule has 0 fully saturated rings. The van der Waals surface area contributed by atoms with E-state index in [-0.39, 0.29) is 4.90 Å². The lowest BCUT2D eigenvalue weighted by Gasteiger charge is -2.07. The number of hydrogen-bond donors (Lipinski definition) is 0. The standard InChI is InChI=1S/C16H13NO3S/c17-12-4-5-14-8-10-15(11-9-14)20-13-21(18,19)16-6-2-1-3-7-16/h1-11H,13H2/b5-4+. The van der Waals surface area contributed by atoms with E-state index in [4.69, 9.17) is 10.00 Å². The smallest absolute Gasteiger partial charge is 0.213 e. The Morgan fingerprint density at radius 3 is 2.33 bits per heavy atom. The Hall–Kier alpha value is -2.58. The largest absolute Gasteiger partial charge is 0.477 e. The van der Waals surface area contributed by atoms with Crippen molar-refractivity contribution in [2.75, 3.05) is 5.94 Å². The van der Waals surface area contributed by atoms with Gasteiger partial charge in [-0.05, 0) is 35.9 Å². The summed E-state index contributed by atoms with van der Waals surface area (Å²) in [6.45, 7) is 0. The number of nitriles is 1. The summed E-state index contributed by atoms with van der Waals surface area (Å²) >= 11 is 0. The minimum Gasteiger partial charge on any atom is -0.477 e. The lowest BCUT2D eigenvalue weighted by molar-refractivity contribution is 0.376. The monoisotopic (exact) mass is 299 g/mol. The van der Waals surface area contributed by atoms with Gasteiger partial charge in [-0.3, -0.25) is 0 Å². The Labute approximate surface area is 123 Å². The molecule has 0 aliphatic heterocycles. The topological polar surface area (TPSA) is 67.2 Å². The molecule has 106 valence electrons. The number of nitrogens with zero attached hydrogens (tertiary/aromatic N) is 1. The van der Waals surface area contributed by atoms with Crippen molar-refractivity contribution in [3.05, 3.63) is 66.2 Å². The molecule has 5 heteroatoms. The number of sulfone groups is 1. The molecule has 2 rings (SSSR count). The van der Waals surface area contributed by atoms with Crippen LogP contribution in [-0.4, -0.2) is 14.4 Å². The first-order valence-corrected chi connectivity index (χ1v) is 7.84. The molecule has 0 aliphatic carbocycles. The summed E-state index contributed by atoms with van der Waals surface area (Å²) in [6, 6.07) is 16.9. The van der Waals surface area contributed by atoms with Crippen LogP contribution < -0.4 is 4.74 Å². The predicted octanol–water partition coefficient (Wildman–Crippen LogP) is 3.03. The van der Waals surface area contributed by atoms with Gasteiger partial charge in [0.2, 0.25) is 9.84 Å². The van der Waals surface area contributed by atoms with Crippen molar-refractivity contribution in [1.29, 1.82) is 5.26 Å². The second-order valence-corrected chi connectivity index (χ2v) is 6.16. The lowest BCUT2D eigenvalue weighted by atomic mass is 10.2. The van der Waals surface area contributed by atoms with Crippen LogP contribution in [0.2, 0.25) is 0 Å². The average Bonchev–Trinajstić information content (AvgIpc) is 2.53. The van der Waals surface area contributed by atoms with Gasteiger partial charge in [0.15, 0.2) is 5.94 Å². The van der Waals surface area contributed by atoms with Crippen molar-refractivity contribution in [2.45, 2.75) is 4.90 Å². The lowest BCUT2D eigenvalue weighted by Crippen LogP contribution is -2.12. The molecular formula is C16H13NO3S. The number of rotatable bonds is 5. The second-order valence-electron chi connectivity index (χ2n) is 4.22. The Morgan fingerprint density at radius 2 is 1.71 bits per heavy atom. The first kappa shape index (κ1) is 14.8. The van der Waals surface area contributed by atoms with Gasteiger partial charge < -0.3 is 4.74 Å². The Bertz CT molecular complexity index is 757. The summed E-state index contributed by atoms with van der Waals surface area (Å²) in [4.78, 5) is 0.235. The highest BCUT2D eigenvalue weighted by atomic mass is 32.2. The zero-order valence-electron chi connectivity index (χ0n) is 11.1. The summed E-state index contributed by atoms with van der Waals surface area (Å²) in [7, 11) is -3.46. The average molecular weight is 299 g/mol. The van der Waals surface area contributed by atoms with Gasteiger partial charge in [0.1, 0.15) is 5.75 Å². The van der Waals surface area contributed by atoms with Crippen LogP contribution in [0.15, 0.2) is 65.6 Å². The van der Waals surface area contributed by atoms with Crippen LogP contribution in [0.5, 0.6) is 5.75 Å². The Kier molecular flexibility index (Phi) is 4.75. The fraction of sp³-hybridized carbons (Fsp3) is 0.0625. The molecule has 0 saturated heterocycles. The third-order valence-corrected chi connectivity index (χ3v) is 4.13. The van der Waals surface area contributed by atoms with Crippen LogP contribution >= 0.6 is 0 Å². The molecule has 21 heavy (non-hydrogen) atoms. The summed E-state index contributed by atoms with van der Waals surface area (Å²) in [5.41, 5.74) is 0.842. The van der Waals surface area contributed by atoms with E-state index in [1.165, 1.54) is 18.2 Å². The molecule has 4 nitrogen and oxygen atoms in total. The van der Waals surface area contributed by atoms with Crippen LogP contribution in [0.1, 0.15) is 5.56 Å². The van der Waals surface area contributed by atoms with E-state index in [0.717, 1.165) is 5.56 Å². The number of benzene rings is 2. The fourth-order valence-electron chi connectivity index (χ4n) is 1.65. The number of allylic oxidation sites excluding steroid dienone is 1. The van der Waals surface area contributed by atoms with E-state index in [2.05, 4.69) is 0 Å². The number of ether oxygens (including phenoxy) is 1. The minimum atomic E-state index is -3.46. The molecule has 0 aromatic heterocycles. The van der Waals surface area contributed by atoms with Crippen LogP contribution in [-0.2, 0) is 9.84 Å². The van der Waals surface area contributed by atoms with Gasteiger partial charge in [-0.15, -0.1) is 0 Å². The summed E-state index contributed by atoms with van der Waals surface area (Å²) in [5, 5.41) is 8.44. The maximum atomic E-state index is 12.0. The summed E-state index contributed by atoms with van der Waals surface area (Å²) < 4.78 is 29.4. The maximum Gasteiger partial charge on any atom is 0.213 e. The first-order chi connectivity index (χ1) is 10.1. The normalized spacial score (nSPS) is 11.2. The molecular weight excluding hydrogens is 286 g/mol. The van der Waals surface area contributed by atoms with Gasteiger partial charge in [0.25, 0.3) is 0 Å². The number of hydrogen-bond acceptors (Lipinski definition) is 4. The van der Waals surface area contributed by atoms with Gasteiger partial charge >= 0.3 is 0 Å². The van der Waals surface area contributed by atoms with Gasteiger partial charge in [-0.1, -0.05) is 30.3 Å². The third kappa shape index (κ3) is 4.20. The zero-order valence-corrected chi connectivity index (χ0v) is 12.0. The van der Waals surface area contributed by atoms with E-state index >= 15 is 0 Å². The summed E-state index contributed by atoms with van der Waals surface area (Å²) in [5.74, 6) is 0.0494. The van der Waals surface area contributed by atoms with Crippen molar-refractivity contribution in [3.63, 3.8) is 0 Å². The molecule has 0 aliphatic rings. The van der Waals surface area contributed by atoms with Crippen LogP contribution in [0, 0.1) is 11.3 Å². The van der Waals surface area contributed by atoms with E-state index in [9.17, 15) is 8.42 Å². The molecule has 0 unspecified atom stereocenters. The molecule has 0 atom stereocenters. The van der Waals surface area contributed by atoms with Crippen molar-refractivity contribution in [3.8, 4) is 11.8 Å². The van der Waals surface area contributed by atoms with Gasteiger partial charge in [-0.2, -0.15) is 5.26 Å². The highest BCUT2D eigenvalue weighted by molar-refractivity contribution is 7.91. The van der Waals surface area contributed by atoms with Crippen LogP contribution in [0.3, 0.4) is 0 Å². The Balaban J connectivity index is 2.03. The molecule has 0 radical (unpaired) electrons. The molecule has 0 heterocycles.